The van der Waals surface area contributed by atoms with Gasteiger partial charge < -0.3 is 37.0 Å². The first-order valence-electron chi connectivity index (χ1n) is 7.91. The van der Waals surface area contributed by atoms with E-state index in [-0.39, 0.29) is 11.3 Å². The number of carboxylic acid groups (broad SMARTS) is 1. The molecule has 0 spiro atoms. The van der Waals surface area contributed by atoms with Gasteiger partial charge in [0.2, 0.25) is 0 Å². The van der Waals surface area contributed by atoms with Crippen molar-refractivity contribution in [2.75, 3.05) is 17.2 Å². The number of nitrogens with zero attached hydrogens (tertiary/aromatic N) is 4. The van der Waals surface area contributed by atoms with E-state index >= 15 is 0 Å². The molecule has 9 N–H and O–H groups in total. The number of carboxylic acids is 1. The molecule has 1 aliphatic heterocycles. The topological polar surface area (TPSA) is 214 Å². The Kier molecular flexibility index (Phi) is 6.91. The van der Waals surface area contributed by atoms with Crippen molar-refractivity contribution in [3.8, 4) is 0 Å². The van der Waals surface area contributed by atoms with Crippen LogP contribution in [0.4, 0.5) is 5.82 Å². The number of aliphatic carboxylic acids is 1. The number of carbonyl (C=O) groups is 1. The third kappa shape index (κ3) is 4.28. The van der Waals surface area contributed by atoms with E-state index in [1.807, 2.05) is 0 Å². The summed E-state index contributed by atoms with van der Waals surface area (Å²) < 4.78 is 7.29. The Labute approximate surface area is 157 Å². The SMILES string of the molecule is Nc1ncnc2c1ncn2[C@@H]1O[C@H](CSCC[C@H](N)C(=O)O)[C@@H](O)[C@H]1O.O. The van der Waals surface area contributed by atoms with Gasteiger partial charge in [0.05, 0.1) is 12.4 Å². The van der Waals surface area contributed by atoms with Crippen molar-refractivity contribution in [1.82, 2.24) is 19.5 Å². The van der Waals surface area contributed by atoms with Gasteiger partial charge in [0, 0.05) is 5.75 Å². The predicted octanol–water partition coefficient (Wildman–Crippen LogP) is -2.26. The molecule has 1 saturated heterocycles. The number of anilines is 1. The Balaban J connectivity index is 0.00000261. The fourth-order valence-electron chi connectivity index (χ4n) is 2.69. The average molecular weight is 402 g/mol. The van der Waals surface area contributed by atoms with Crippen LogP contribution in [-0.2, 0) is 9.53 Å². The number of imidazole rings is 1. The van der Waals surface area contributed by atoms with Crippen molar-refractivity contribution in [3.63, 3.8) is 0 Å². The first kappa shape index (κ1) is 21.3. The van der Waals surface area contributed by atoms with Crippen LogP contribution in [0.25, 0.3) is 11.2 Å². The zero-order valence-electron chi connectivity index (χ0n) is 14.2. The number of aliphatic hydroxyl groups excluding tert-OH is 2. The molecular formula is C14H22N6O6S. The second-order valence-corrected chi connectivity index (χ2v) is 7.09. The maximum absolute atomic E-state index is 10.7. The lowest BCUT2D eigenvalue weighted by Gasteiger charge is -2.16. The zero-order valence-corrected chi connectivity index (χ0v) is 15.0. The summed E-state index contributed by atoms with van der Waals surface area (Å²) in [6, 6.07) is -0.919. The molecule has 13 heteroatoms. The lowest BCUT2D eigenvalue weighted by molar-refractivity contribution is -0.138. The van der Waals surface area contributed by atoms with Crippen molar-refractivity contribution >= 4 is 34.7 Å². The van der Waals surface area contributed by atoms with E-state index in [0.29, 0.717) is 29.1 Å². The van der Waals surface area contributed by atoms with Gasteiger partial charge >= 0.3 is 5.97 Å². The van der Waals surface area contributed by atoms with Gasteiger partial charge in [-0.25, -0.2) is 15.0 Å². The number of hydrogen-bond acceptors (Lipinski definition) is 10. The lowest BCUT2D eigenvalue weighted by Crippen LogP contribution is -2.33. The van der Waals surface area contributed by atoms with Gasteiger partial charge in [-0.05, 0) is 12.2 Å². The van der Waals surface area contributed by atoms with E-state index < -0.39 is 36.6 Å². The highest BCUT2D eigenvalue weighted by atomic mass is 32.2. The molecule has 0 aliphatic carbocycles. The van der Waals surface area contributed by atoms with Crippen LogP contribution in [0.2, 0.25) is 0 Å². The van der Waals surface area contributed by atoms with Crippen molar-refractivity contribution in [2.24, 2.45) is 5.73 Å². The van der Waals surface area contributed by atoms with E-state index in [0.717, 1.165) is 0 Å². The molecule has 5 atom stereocenters. The third-order valence-corrected chi connectivity index (χ3v) is 5.26. The summed E-state index contributed by atoms with van der Waals surface area (Å²) >= 11 is 1.40. The number of nitrogen functional groups attached to an aromatic ring is 1. The van der Waals surface area contributed by atoms with Crippen molar-refractivity contribution in [2.45, 2.75) is 37.0 Å². The number of aliphatic hydroxyl groups is 2. The highest BCUT2D eigenvalue weighted by Gasteiger charge is 2.44. The monoisotopic (exact) mass is 402 g/mol. The van der Waals surface area contributed by atoms with E-state index in [9.17, 15) is 15.0 Å². The Bertz CT molecular complexity index is 791. The number of fused-ring (bicyclic) bond motifs is 1. The molecule has 0 radical (unpaired) electrons. The van der Waals surface area contributed by atoms with Crippen LogP contribution in [0, 0.1) is 0 Å². The van der Waals surface area contributed by atoms with Crippen LogP contribution in [0.1, 0.15) is 12.6 Å². The minimum absolute atomic E-state index is 0. The molecule has 0 bridgehead atoms. The smallest absolute Gasteiger partial charge is 0.320 e. The minimum atomic E-state index is -1.17. The zero-order chi connectivity index (χ0) is 18.8. The summed E-state index contributed by atoms with van der Waals surface area (Å²) in [5.74, 6) is 0.0405. The minimum Gasteiger partial charge on any atom is -0.480 e. The average Bonchev–Trinajstić information content (AvgIpc) is 3.15. The molecule has 12 nitrogen and oxygen atoms in total. The standard InChI is InChI=1S/C14H20N6O5S.H2O/c15-6(14(23)24)1-2-26-3-7-9(21)10(22)13(25-7)20-5-19-8-11(16)17-4-18-12(8)20;/h4-7,9-10,13,21-22H,1-3,15H2,(H,23,24)(H2,16,17,18);1H2/t6-,7+,9+,10+,13+;/m0./s1. The van der Waals surface area contributed by atoms with Gasteiger partial charge in [0.15, 0.2) is 17.7 Å². The summed E-state index contributed by atoms with van der Waals surface area (Å²) in [5, 5.41) is 29.3. The highest BCUT2D eigenvalue weighted by Crippen LogP contribution is 2.33. The summed E-state index contributed by atoms with van der Waals surface area (Å²) in [5.41, 5.74) is 12.0. The second kappa shape index (κ2) is 8.77. The molecule has 3 rings (SSSR count). The van der Waals surface area contributed by atoms with Gasteiger partial charge in [-0.1, -0.05) is 0 Å². The van der Waals surface area contributed by atoms with Crippen LogP contribution in [0.3, 0.4) is 0 Å². The largest absolute Gasteiger partial charge is 0.480 e. The maximum Gasteiger partial charge on any atom is 0.320 e. The van der Waals surface area contributed by atoms with E-state index in [2.05, 4.69) is 15.0 Å². The Morgan fingerprint density at radius 3 is 2.78 bits per heavy atom. The molecule has 2 aromatic rings. The Morgan fingerprint density at radius 2 is 2.07 bits per heavy atom. The first-order chi connectivity index (χ1) is 12.4. The van der Waals surface area contributed by atoms with Gasteiger partial charge in [0.25, 0.3) is 0 Å². The normalized spacial score (nSPS) is 26.0. The number of rotatable bonds is 7. The number of thioether (sulfide) groups is 1. The maximum atomic E-state index is 10.7. The molecule has 0 aromatic carbocycles. The molecule has 0 saturated carbocycles. The summed E-state index contributed by atoms with van der Waals surface area (Å²) in [4.78, 5) is 22.8. The van der Waals surface area contributed by atoms with Crippen LogP contribution in [-0.4, -0.2) is 82.1 Å². The molecule has 0 unspecified atom stereocenters. The highest BCUT2D eigenvalue weighted by molar-refractivity contribution is 7.99. The molecule has 1 aliphatic rings. The fraction of sp³-hybridized carbons (Fsp3) is 0.571. The van der Waals surface area contributed by atoms with Crippen molar-refractivity contribution in [3.05, 3.63) is 12.7 Å². The fourth-order valence-corrected chi connectivity index (χ4v) is 3.78. The molecule has 27 heavy (non-hydrogen) atoms. The van der Waals surface area contributed by atoms with Crippen LogP contribution < -0.4 is 11.5 Å². The molecular weight excluding hydrogens is 380 g/mol. The lowest BCUT2D eigenvalue weighted by atomic mass is 10.1. The van der Waals surface area contributed by atoms with E-state index in [4.69, 9.17) is 21.3 Å². The third-order valence-electron chi connectivity index (χ3n) is 4.17. The quantitative estimate of drug-likeness (QED) is 0.311. The van der Waals surface area contributed by atoms with E-state index in [1.54, 1.807) is 0 Å². The van der Waals surface area contributed by atoms with Crippen LogP contribution in [0.5, 0.6) is 0 Å². The molecule has 0 amide bonds. The summed E-state index contributed by atoms with van der Waals surface area (Å²) in [7, 11) is 0. The van der Waals surface area contributed by atoms with Crippen LogP contribution >= 0.6 is 11.8 Å². The number of aromatic nitrogens is 4. The van der Waals surface area contributed by atoms with Gasteiger partial charge in [-0.2, -0.15) is 11.8 Å². The molecule has 1 fully saturated rings. The van der Waals surface area contributed by atoms with Gasteiger partial charge in [0.1, 0.15) is 30.1 Å². The molecule has 2 aromatic heterocycles. The van der Waals surface area contributed by atoms with Gasteiger partial charge in [-0.15, -0.1) is 0 Å². The number of ether oxygens (including phenoxy) is 1. The first-order valence-corrected chi connectivity index (χ1v) is 9.06. The predicted molar refractivity (Wildman–Crippen MR) is 96.8 cm³/mol. The van der Waals surface area contributed by atoms with Crippen LogP contribution in [0.15, 0.2) is 12.7 Å². The number of nitrogens with two attached hydrogens (primary N) is 2. The molecule has 3 heterocycles. The van der Waals surface area contributed by atoms with E-state index in [1.165, 1.54) is 29.0 Å². The Morgan fingerprint density at radius 1 is 1.33 bits per heavy atom. The molecule has 150 valence electrons. The summed E-state index contributed by atoms with van der Waals surface area (Å²) in [6.07, 6.45) is -0.747. The van der Waals surface area contributed by atoms with Crippen molar-refractivity contribution < 1.29 is 30.3 Å². The Hall–Kier alpha value is -2.03. The second-order valence-electron chi connectivity index (χ2n) is 5.94. The number of hydrogen-bond donors (Lipinski definition) is 5. The van der Waals surface area contributed by atoms with Crippen molar-refractivity contribution in [1.29, 1.82) is 0 Å². The summed E-state index contributed by atoms with van der Waals surface area (Å²) in [6.45, 7) is 0. The van der Waals surface area contributed by atoms with Gasteiger partial charge in [-0.3, -0.25) is 9.36 Å².